The maximum Gasteiger partial charge on any atom is 0.459 e. The Hall–Kier alpha value is -2.41. The summed E-state index contributed by atoms with van der Waals surface area (Å²) in [5.41, 5.74) is -2.89. The van der Waals surface area contributed by atoms with Gasteiger partial charge in [0.25, 0.3) is 5.56 Å². The Labute approximate surface area is 219 Å². The number of para-hydroxylation sites is 1. The van der Waals surface area contributed by atoms with E-state index in [1.165, 1.54) is 27.9 Å². The molecule has 3 rings (SSSR count). The maximum absolute atomic E-state index is 13.8. The van der Waals surface area contributed by atoms with Gasteiger partial charge >= 0.3 is 19.4 Å². The molecule has 1 saturated heterocycles. The summed E-state index contributed by atoms with van der Waals surface area (Å²) in [6.07, 6.45) is -2.97. The summed E-state index contributed by atoms with van der Waals surface area (Å²) in [7, 11) is -2.84. The standard InChI is InChI=1S/C22H30BClN3O9P/c1-13(2)34-19(30)21(3,4)26-37(32,36-14-8-6-5-7-9-14)33-12-15-17(29)22(23,24)18(35-15)27-11-10-16(28)25-20(27)31/h5-11,13,15,17-18,29H,12,23H2,1-4H3,(H,26,32)(H,25,28,31)/t15-,17-,18-,22+,37-/m1/s1. The van der Waals surface area contributed by atoms with Crippen molar-refractivity contribution in [2.75, 3.05) is 6.61 Å². The van der Waals surface area contributed by atoms with E-state index in [0.717, 1.165) is 10.6 Å². The van der Waals surface area contributed by atoms with Crippen LogP contribution in [-0.2, 0) is 23.4 Å². The van der Waals surface area contributed by atoms with Crippen molar-refractivity contribution in [3.8, 4) is 5.75 Å². The van der Waals surface area contributed by atoms with Crippen LogP contribution in [0.4, 0.5) is 0 Å². The molecular weight excluding hydrogens is 527 g/mol. The summed E-state index contributed by atoms with van der Waals surface area (Å²) in [6, 6.07) is 9.26. The van der Waals surface area contributed by atoms with Crippen molar-refractivity contribution >= 4 is 33.2 Å². The Morgan fingerprint density at radius 2 is 1.97 bits per heavy atom. The zero-order valence-corrected chi connectivity index (χ0v) is 22.7. The number of aromatic amines is 1. The zero-order valence-electron chi connectivity index (χ0n) is 21.0. The van der Waals surface area contributed by atoms with Gasteiger partial charge in [0.15, 0.2) is 6.23 Å². The fourth-order valence-electron chi connectivity index (χ4n) is 3.59. The van der Waals surface area contributed by atoms with Gasteiger partial charge in [-0.2, -0.15) is 5.09 Å². The molecule has 1 aromatic carbocycles. The molecule has 0 radical (unpaired) electrons. The summed E-state index contributed by atoms with van der Waals surface area (Å²) in [5, 5.41) is 13.5. The fraction of sp³-hybridized carbons (Fsp3) is 0.500. The number of benzene rings is 1. The Morgan fingerprint density at radius 1 is 1.32 bits per heavy atom. The lowest BCUT2D eigenvalue weighted by Gasteiger charge is -2.30. The highest BCUT2D eigenvalue weighted by atomic mass is 35.5. The lowest BCUT2D eigenvalue weighted by molar-refractivity contribution is -0.153. The third-order valence-electron chi connectivity index (χ3n) is 5.47. The van der Waals surface area contributed by atoms with Crippen molar-refractivity contribution in [1.29, 1.82) is 0 Å². The van der Waals surface area contributed by atoms with Crippen molar-refractivity contribution in [2.45, 2.75) is 62.5 Å². The molecule has 0 bridgehead atoms. The van der Waals surface area contributed by atoms with Crippen LogP contribution in [0.15, 0.2) is 52.2 Å². The maximum atomic E-state index is 13.8. The highest BCUT2D eigenvalue weighted by molar-refractivity contribution is 7.52. The number of carbonyl (C=O) groups excluding carboxylic acids is 1. The fourth-order valence-corrected chi connectivity index (χ4v) is 5.56. The lowest BCUT2D eigenvalue weighted by Crippen LogP contribution is -2.48. The van der Waals surface area contributed by atoms with E-state index in [1.807, 2.05) is 0 Å². The molecule has 15 heteroatoms. The number of nitrogens with one attached hydrogen (secondary N) is 2. The number of hydrogen-bond acceptors (Lipinski definition) is 9. The molecule has 12 nitrogen and oxygen atoms in total. The number of carbonyl (C=O) groups is 1. The molecule has 5 atom stereocenters. The second-order valence-corrected chi connectivity index (χ2v) is 12.0. The zero-order chi connectivity index (χ0) is 27.6. The molecule has 0 unspecified atom stereocenters. The SMILES string of the molecule is B[C@]1(Cl)[C@H](O)[C@@H](CO[P@](=O)(NC(C)(C)C(=O)OC(C)C)Oc2ccccc2)O[C@H]1n1ccc(=O)[nH]c1=O. The van der Waals surface area contributed by atoms with E-state index in [2.05, 4.69) is 10.1 Å². The number of H-pyrrole nitrogens is 1. The van der Waals surface area contributed by atoms with Crippen molar-refractivity contribution in [3.63, 3.8) is 0 Å². The molecule has 0 spiro atoms. The van der Waals surface area contributed by atoms with E-state index in [0.29, 0.717) is 0 Å². The molecule has 1 aliphatic rings. The van der Waals surface area contributed by atoms with Crippen molar-refractivity contribution in [3.05, 3.63) is 63.4 Å². The number of hydrogen-bond donors (Lipinski definition) is 3. The normalized spacial score (nSPS) is 25.5. The van der Waals surface area contributed by atoms with Crippen LogP contribution in [-0.4, -0.2) is 63.7 Å². The highest BCUT2D eigenvalue weighted by Gasteiger charge is 2.54. The predicted octanol–water partition coefficient (Wildman–Crippen LogP) is 0.887. The molecule has 1 aliphatic heterocycles. The highest BCUT2D eigenvalue weighted by Crippen LogP contribution is 2.48. The number of rotatable bonds is 10. The van der Waals surface area contributed by atoms with Crippen molar-refractivity contribution < 1.29 is 33.0 Å². The average Bonchev–Trinajstić information content (AvgIpc) is 3.01. The van der Waals surface area contributed by atoms with Crippen molar-refractivity contribution in [1.82, 2.24) is 14.6 Å². The smallest absolute Gasteiger partial charge is 0.459 e. The summed E-state index contributed by atoms with van der Waals surface area (Å²) in [5.74, 6) is -0.495. The van der Waals surface area contributed by atoms with Crippen LogP contribution in [0.1, 0.15) is 33.9 Å². The Morgan fingerprint density at radius 3 is 2.57 bits per heavy atom. The van der Waals surface area contributed by atoms with Crippen LogP contribution in [0.5, 0.6) is 5.75 Å². The first kappa shape index (κ1) is 29.2. The van der Waals surface area contributed by atoms with Crippen LogP contribution in [0.3, 0.4) is 0 Å². The topological polar surface area (TPSA) is 158 Å². The molecule has 2 aromatic rings. The number of aliphatic hydroxyl groups is 1. The van der Waals surface area contributed by atoms with Crippen LogP contribution >= 0.6 is 19.3 Å². The largest absolute Gasteiger partial charge is 0.462 e. The van der Waals surface area contributed by atoms with Gasteiger partial charge in [-0.1, -0.05) is 18.2 Å². The monoisotopic (exact) mass is 557 g/mol. The summed E-state index contributed by atoms with van der Waals surface area (Å²) >= 11 is 6.54. The Bertz CT molecular complexity index is 1270. The van der Waals surface area contributed by atoms with Gasteiger partial charge in [-0.15, -0.1) is 11.6 Å². The summed E-state index contributed by atoms with van der Waals surface area (Å²) in [6.45, 7) is 5.77. The number of aliphatic hydroxyl groups excluding tert-OH is 1. The first-order valence-electron chi connectivity index (χ1n) is 11.5. The molecule has 0 amide bonds. The second kappa shape index (κ2) is 11.1. The van der Waals surface area contributed by atoms with E-state index >= 15 is 0 Å². The predicted molar refractivity (Wildman–Crippen MR) is 137 cm³/mol. The van der Waals surface area contributed by atoms with Gasteiger partial charge in [-0.3, -0.25) is 23.7 Å². The minimum atomic E-state index is -4.29. The van der Waals surface area contributed by atoms with E-state index in [4.69, 9.17) is 30.1 Å². The molecule has 0 saturated carbocycles. The third-order valence-corrected chi connectivity index (χ3v) is 7.65. The molecule has 0 aliphatic carbocycles. The van der Waals surface area contributed by atoms with Crippen LogP contribution in [0.25, 0.3) is 0 Å². The van der Waals surface area contributed by atoms with Gasteiger partial charge in [0, 0.05) is 12.3 Å². The number of alkyl halides is 1. The minimum absolute atomic E-state index is 0.194. The van der Waals surface area contributed by atoms with Crippen LogP contribution in [0.2, 0.25) is 0 Å². The molecule has 1 fully saturated rings. The average molecular weight is 558 g/mol. The molecule has 2 heterocycles. The Balaban J connectivity index is 1.84. The Kier molecular flexibility index (Phi) is 8.78. The number of nitrogens with zero attached hydrogens (tertiary/aromatic N) is 1. The number of esters is 1. The van der Waals surface area contributed by atoms with E-state index in [1.54, 1.807) is 44.2 Å². The minimum Gasteiger partial charge on any atom is -0.462 e. The number of halogens is 1. The van der Waals surface area contributed by atoms with Crippen LogP contribution < -0.4 is 20.9 Å². The molecule has 1 aromatic heterocycles. The lowest BCUT2D eigenvalue weighted by atomic mass is 9.79. The van der Waals surface area contributed by atoms with Crippen molar-refractivity contribution in [2.24, 2.45) is 0 Å². The van der Waals surface area contributed by atoms with Crippen LogP contribution in [0, 0.1) is 0 Å². The van der Waals surface area contributed by atoms with E-state index < -0.39 is 66.4 Å². The second-order valence-electron chi connectivity index (χ2n) is 9.53. The van der Waals surface area contributed by atoms with Gasteiger partial charge in [-0.25, -0.2) is 9.36 Å². The quantitative estimate of drug-likeness (QED) is 0.166. The van der Waals surface area contributed by atoms with E-state index in [-0.39, 0.29) is 5.75 Å². The first-order chi connectivity index (χ1) is 17.1. The van der Waals surface area contributed by atoms with Gasteiger partial charge in [0.2, 0.25) is 0 Å². The first-order valence-corrected chi connectivity index (χ1v) is 13.4. The summed E-state index contributed by atoms with van der Waals surface area (Å²) < 4.78 is 35.7. The van der Waals surface area contributed by atoms with Gasteiger partial charge in [0.05, 0.1) is 23.6 Å². The molecule has 3 N–H and O–H groups in total. The van der Waals surface area contributed by atoms with Gasteiger partial charge in [0.1, 0.15) is 25.2 Å². The van der Waals surface area contributed by atoms with Gasteiger partial charge < -0.3 is 19.1 Å². The van der Waals surface area contributed by atoms with E-state index in [9.17, 15) is 24.1 Å². The third kappa shape index (κ3) is 6.92. The van der Waals surface area contributed by atoms with Gasteiger partial charge in [-0.05, 0) is 39.8 Å². The number of aromatic nitrogens is 2. The molecular formula is C22H30BClN3O9P. The molecule has 37 heavy (non-hydrogen) atoms. The number of ether oxygens (including phenoxy) is 2. The summed E-state index contributed by atoms with van der Waals surface area (Å²) in [4.78, 5) is 38.4. The molecule has 202 valence electrons.